The van der Waals surface area contributed by atoms with Gasteiger partial charge in [-0.3, -0.25) is 38.8 Å². The Morgan fingerprint density at radius 3 is 1.52 bits per heavy atom. The highest BCUT2D eigenvalue weighted by atomic mass is 32.1. The summed E-state index contributed by atoms with van der Waals surface area (Å²) in [5, 5.41) is 24.1. The molecule has 62 heavy (non-hydrogen) atoms. The number of aromatic nitrogens is 2. The Hall–Kier alpha value is -6.81. The van der Waals surface area contributed by atoms with Gasteiger partial charge in [0.1, 0.15) is 30.2 Å². The van der Waals surface area contributed by atoms with E-state index < -0.39 is 71.8 Å². The Morgan fingerprint density at radius 1 is 0.629 bits per heavy atom. The smallest absolute Gasteiger partial charge is 0.325 e. The molecule has 0 fully saturated rings. The number of thiol groups is 1. The van der Waals surface area contributed by atoms with Gasteiger partial charge in [0.2, 0.25) is 29.5 Å². The van der Waals surface area contributed by atoms with Crippen LogP contribution in [0.15, 0.2) is 70.9 Å². The first-order chi connectivity index (χ1) is 29.6. The van der Waals surface area contributed by atoms with E-state index >= 15 is 0 Å². The monoisotopic (exact) mass is 876 g/mol. The number of hydrogen-bond acceptors (Lipinski definition) is 10. The Labute approximate surface area is 362 Å². The zero-order valence-corrected chi connectivity index (χ0v) is 35.1. The molecule has 0 radical (unpaired) electrons. The number of amides is 5. The molecule has 2 aromatic heterocycles. The molecule has 4 rings (SSSR count). The second kappa shape index (κ2) is 23.3. The number of aliphatic carboxylic acids is 1. The molecule has 2 heterocycles. The molecule has 22 heteroatoms. The molecule has 0 unspecified atom stereocenters. The van der Waals surface area contributed by atoms with Crippen LogP contribution in [0.1, 0.15) is 43.7 Å². The quantitative estimate of drug-likeness (QED) is 0.0163. The SMILES string of the molecule is C[C@H](NC(=O)[C@H](CS)NC(=O)[C@H](Cc1c[nH]c2ccccc12)NC(=O)[C@H](Cc1c[nH]c2ccccc12)NC(=O)[C@H](CCCN=C(N)N)NC(=O)[C@@H](N)CCCN=C(N)N)C(=O)O. The highest BCUT2D eigenvalue weighted by Gasteiger charge is 2.33. The van der Waals surface area contributed by atoms with E-state index in [2.05, 4.69) is 59.2 Å². The number of benzene rings is 2. The summed E-state index contributed by atoms with van der Waals surface area (Å²) in [4.78, 5) is 94.9. The van der Waals surface area contributed by atoms with Gasteiger partial charge < -0.3 is 70.3 Å². The van der Waals surface area contributed by atoms with E-state index in [0.29, 0.717) is 17.5 Å². The first kappa shape index (κ1) is 47.9. The van der Waals surface area contributed by atoms with E-state index in [1.807, 2.05) is 48.5 Å². The maximum Gasteiger partial charge on any atom is 0.325 e. The normalized spacial score (nSPS) is 14.0. The van der Waals surface area contributed by atoms with Gasteiger partial charge in [-0.25, -0.2) is 0 Å². The third-order valence-corrected chi connectivity index (χ3v) is 10.3. The molecular weight excluding hydrogens is 821 g/mol. The lowest BCUT2D eigenvalue weighted by atomic mass is 10.0. The van der Waals surface area contributed by atoms with Crippen molar-refractivity contribution < 1.29 is 33.9 Å². The summed E-state index contributed by atoms with van der Waals surface area (Å²) in [6, 6.07) is 7.26. The lowest BCUT2D eigenvalue weighted by molar-refractivity contribution is -0.141. The molecule has 0 bridgehead atoms. The first-order valence-corrected chi connectivity index (χ1v) is 20.5. The number of rotatable bonds is 24. The van der Waals surface area contributed by atoms with Crippen molar-refractivity contribution in [2.75, 3.05) is 18.8 Å². The van der Waals surface area contributed by atoms with Crippen molar-refractivity contribution >= 4 is 81.9 Å². The molecule has 18 N–H and O–H groups in total. The number of guanidine groups is 2. The summed E-state index contributed by atoms with van der Waals surface area (Å²) in [6.07, 6.45) is 4.17. The Balaban J connectivity index is 1.66. The van der Waals surface area contributed by atoms with Gasteiger partial charge in [-0.15, -0.1) is 0 Å². The molecule has 0 aliphatic heterocycles. The van der Waals surface area contributed by atoms with E-state index in [9.17, 15) is 33.9 Å². The summed E-state index contributed by atoms with van der Waals surface area (Å²) < 4.78 is 0. The number of carbonyl (C=O) groups is 6. The minimum absolute atomic E-state index is 0.0514. The van der Waals surface area contributed by atoms with Gasteiger partial charge in [0.15, 0.2) is 11.9 Å². The number of nitrogens with zero attached hydrogens (tertiary/aromatic N) is 2. The summed E-state index contributed by atoms with van der Waals surface area (Å²) in [5.74, 6) is -5.46. The molecule has 0 saturated carbocycles. The van der Waals surface area contributed by atoms with Gasteiger partial charge in [-0.05, 0) is 55.9 Å². The summed E-state index contributed by atoms with van der Waals surface area (Å²) in [7, 11) is 0. The predicted octanol–water partition coefficient (Wildman–Crippen LogP) is -1.67. The fourth-order valence-electron chi connectivity index (χ4n) is 6.55. The van der Waals surface area contributed by atoms with Crippen LogP contribution in [-0.4, -0.2) is 118 Å². The van der Waals surface area contributed by atoms with Crippen molar-refractivity contribution in [2.45, 2.75) is 81.7 Å². The summed E-state index contributed by atoms with van der Waals surface area (Å²) >= 11 is 4.22. The molecule has 0 saturated heterocycles. The van der Waals surface area contributed by atoms with Crippen LogP contribution >= 0.6 is 12.6 Å². The van der Waals surface area contributed by atoms with Gasteiger partial charge in [0.05, 0.1) is 6.04 Å². The standard InChI is InChI=1S/C40H56N14O7S/c1-21(38(60)61)50-37(59)32(20-62)54-36(58)31(17-23-19-49-28-12-5-3-9-25(23)28)53-35(57)30(16-22-18-48-27-11-4-2-8-24(22)27)52-34(56)29(13-7-15-47-40(44)45)51-33(55)26(41)10-6-14-46-39(42)43/h2-5,8-9,11-12,18-19,21,26,29-32,48-49,62H,6-7,10,13-17,20,41H2,1H3,(H,50,59)(H,51,55)(H,52,56)(H,53,57)(H,54,58)(H,60,61)(H4,42,43,46)(H4,44,45,47)/t21-,26-,29-,30-,31-,32-/m0/s1. The summed E-state index contributed by atoms with van der Waals surface area (Å²) in [6.45, 7) is 1.64. The van der Waals surface area contributed by atoms with E-state index in [0.717, 1.165) is 21.8 Å². The molecule has 5 amide bonds. The minimum Gasteiger partial charge on any atom is -0.480 e. The Bertz CT molecular complexity index is 2250. The summed E-state index contributed by atoms with van der Waals surface area (Å²) in [5.41, 5.74) is 30.8. The number of fused-ring (bicyclic) bond motifs is 2. The van der Waals surface area contributed by atoms with Crippen LogP contribution in [0.3, 0.4) is 0 Å². The van der Waals surface area contributed by atoms with Crippen LogP contribution < -0.4 is 55.3 Å². The number of nitrogens with two attached hydrogens (primary N) is 5. The zero-order valence-electron chi connectivity index (χ0n) is 34.2. The van der Waals surface area contributed by atoms with Crippen molar-refractivity contribution in [3.63, 3.8) is 0 Å². The van der Waals surface area contributed by atoms with Gasteiger partial charge in [0.25, 0.3) is 0 Å². The molecule has 0 aliphatic rings. The van der Waals surface area contributed by atoms with Crippen molar-refractivity contribution in [2.24, 2.45) is 38.7 Å². The number of H-pyrrole nitrogens is 2. The fourth-order valence-corrected chi connectivity index (χ4v) is 6.80. The molecule has 2 aromatic carbocycles. The van der Waals surface area contributed by atoms with Crippen molar-refractivity contribution in [1.29, 1.82) is 0 Å². The van der Waals surface area contributed by atoms with Gasteiger partial charge in [-0.1, -0.05) is 36.4 Å². The first-order valence-electron chi connectivity index (χ1n) is 19.9. The fraction of sp³-hybridized carbons (Fsp3) is 0.400. The van der Waals surface area contributed by atoms with Crippen molar-refractivity contribution in [3.8, 4) is 0 Å². The average molecular weight is 877 g/mol. The van der Waals surface area contributed by atoms with Crippen LogP contribution in [0, 0.1) is 0 Å². The van der Waals surface area contributed by atoms with Crippen LogP contribution in [-0.2, 0) is 41.6 Å². The molecule has 0 aliphatic carbocycles. The van der Waals surface area contributed by atoms with E-state index in [4.69, 9.17) is 28.7 Å². The lowest BCUT2D eigenvalue weighted by Crippen LogP contribution is -2.60. The second-order valence-corrected chi connectivity index (χ2v) is 15.0. The number of hydrogen-bond donors (Lipinski definition) is 14. The van der Waals surface area contributed by atoms with Crippen LogP contribution in [0.4, 0.5) is 0 Å². The molecular formula is C40H56N14O7S. The minimum atomic E-state index is -1.33. The maximum atomic E-state index is 14.6. The number of nitrogens with one attached hydrogen (secondary N) is 7. The van der Waals surface area contributed by atoms with Crippen molar-refractivity contribution in [3.05, 3.63) is 72.1 Å². The Kier molecular flexibility index (Phi) is 18.0. The van der Waals surface area contributed by atoms with Gasteiger partial charge in [-0.2, -0.15) is 12.6 Å². The second-order valence-electron chi connectivity index (χ2n) is 14.6. The average Bonchev–Trinajstić information content (AvgIpc) is 3.85. The number of carbonyl (C=O) groups excluding carboxylic acids is 5. The molecule has 334 valence electrons. The van der Waals surface area contributed by atoms with Crippen molar-refractivity contribution in [1.82, 2.24) is 36.6 Å². The van der Waals surface area contributed by atoms with E-state index in [1.165, 1.54) is 6.92 Å². The molecule has 21 nitrogen and oxygen atoms in total. The number of carboxylic acids is 1. The highest BCUT2D eigenvalue weighted by Crippen LogP contribution is 2.21. The molecule has 0 spiro atoms. The maximum absolute atomic E-state index is 14.6. The third-order valence-electron chi connectivity index (χ3n) is 9.89. The Morgan fingerprint density at radius 2 is 1.05 bits per heavy atom. The number of aliphatic imine (C=N–C) groups is 2. The topological polar surface area (TPSA) is 369 Å². The number of para-hydroxylation sites is 2. The highest BCUT2D eigenvalue weighted by molar-refractivity contribution is 7.80. The van der Waals surface area contributed by atoms with E-state index in [1.54, 1.807) is 12.4 Å². The van der Waals surface area contributed by atoms with Crippen LogP contribution in [0.5, 0.6) is 0 Å². The zero-order chi connectivity index (χ0) is 45.3. The largest absolute Gasteiger partial charge is 0.480 e. The third kappa shape index (κ3) is 14.1. The molecule has 6 atom stereocenters. The number of aromatic amines is 2. The predicted molar refractivity (Wildman–Crippen MR) is 239 cm³/mol. The van der Waals surface area contributed by atoms with Gasteiger partial charge in [0, 0.05) is 65.9 Å². The van der Waals surface area contributed by atoms with E-state index in [-0.39, 0.29) is 62.9 Å². The molecule has 4 aromatic rings. The van der Waals surface area contributed by atoms with Crippen LogP contribution in [0.2, 0.25) is 0 Å². The number of carboxylic acid groups (broad SMARTS) is 1. The van der Waals surface area contributed by atoms with Crippen LogP contribution in [0.25, 0.3) is 21.8 Å². The van der Waals surface area contributed by atoms with Gasteiger partial charge >= 0.3 is 5.97 Å². The lowest BCUT2D eigenvalue weighted by Gasteiger charge is -2.27.